The smallest absolute Gasteiger partial charge is 0.131 e. The molecule has 100 valence electrons. The highest BCUT2D eigenvalue weighted by atomic mass is 19.1. The maximum Gasteiger partial charge on any atom is 0.131 e. The molecule has 0 N–H and O–H groups in total. The first-order valence-corrected chi connectivity index (χ1v) is 6.98. The van der Waals surface area contributed by atoms with E-state index in [0.29, 0.717) is 17.4 Å². The third-order valence-electron chi connectivity index (χ3n) is 4.10. The summed E-state index contributed by atoms with van der Waals surface area (Å²) in [5.41, 5.74) is 2.70. The Kier molecular flexibility index (Phi) is 4.36. The Balaban J connectivity index is 2.33. The quantitative estimate of drug-likeness (QED) is 0.663. The molecule has 0 aliphatic heterocycles. The summed E-state index contributed by atoms with van der Waals surface area (Å²) >= 11 is 0. The van der Waals surface area contributed by atoms with Crippen LogP contribution in [-0.2, 0) is 0 Å². The van der Waals surface area contributed by atoms with Gasteiger partial charge in [-0.2, -0.15) is 0 Å². The summed E-state index contributed by atoms with van der Waals surface area (Å²) in [5.74, 6) is 0.838. The Morgan fingerprint density at radius 1 is 1.00 bits per heavy atom. The van der Waals surface area contributed by atoms with Gasteiger partial charge >= 0.3 is 0 Å². The minimum Gasteiger partial charge on any atom is -0.206 e. The minimum atomic E-state index is -0.126. The van der Waals surface area contributed by atoms with Gasteiger partial charge in [0.15, 0.2) is 0 Å². The largest absolute Gasteiger partial charge is 0.206 e. The lowest BCUT2D eigenvalue weighted by Crippen LogP contribution is -2.05. The molecule has 2 aromatic carbocycles. The predicted octanol–water partition coefficient (Wildman–Crippen LogP) is 5.64. The van der Waals surface area contributed by atoms with Gasteiger partial charge in [-0.05, 0) is 29.0 Å². The first kappa shape index (κ1) is 13.8. The first-order valence-electron chi connectivity index (χ1n) is 6.98. The summed E-state index contributed by atoms with van der Waals surface area (Å²) in [6.07, 6.45) is 1.11. The van der Waals surface area contributed by atoms with Crippen molar-refractivity contribution >= 4 is 0 Å². The van der Waals surface area contributed by atoms with E-state index in [9.17, 15) is 4.39 Å². The zero-order valence-corrected chi connectivity index (χ0v) is 11.9. The van der Waals surface area contributed by atoms with Crippen LogP contribution in [0, 0.1) is 11.7 Å². The minimum absolute atomic E-state index is 0.126. The summed E-state index contributed by atoms with van der Waals surface area (Å²) in [6, 6.07) is 15.3. The van der Waals surface area contributed by atoms with Crippen LogP contribution < -0.4 is 0 Å². The van der Waals surface area contributed by atoms with Gasteiger partial charge < -0.3 is 0 Å². The molecule has 0 amide bonds. The summed E-state index contributed by atoms with van der Waals surface area (Å²) < 4.78 is 14.3. The van der Waals surface area contributed by atoms with Crippen molar-refractivity contribution in [2.45, 2.75) is 33.1 Å². The van der Waals surface area contributed by atoms with Crippen molar-refractivity contribution in [1.82, 2.24) is 0 Å². The molecular formula is C18H21F. The molecule has 19 heavy (non-hydrogen) atoms. The van der Waals surface area contributed by atoms with Crippen molar-refractivity contribution in [1.29, 1.82) is 0 Å². The van der Waals surface area contributed by atoms with Crippen LogP contribution >= 0.6 is 0 Å². The van der Waals surface area contributed by atoms with Gasteiger partial charge in [-0.25, -0.2) is 4.39 Å². The van der Waals surface area contributed by atoms with E-state index >= 15 is 0 Å². The molecule has 0 aliphatic carbocycles. The molecule has 0 fully saturated rings. The van der Waals surface area contributed by atoms with Crippen LogP contribution in [0.3, 0.4) is 0 Å². The van der Waals surface area contributed by atoms with Gasteiger partial charge in [0, 0.05) is 5.56 Å². The van der Waals surface area contributed by atoms with Crippen LogP contribution in [0.15, 0.2) is 48.5 Å². The van der Waals surface area contributed by atoms with E-state index in [1.54, 1.807) is 6.07 Å². The highest BCUT2D eigenvalue weighted by molar-refractivity contribution is 5.64. The molecule has 0 saturated heterocycles. The van der Waals surface area contributed by atoms with Crippen LogP contribution in [0.25, 0.3) is 11.1 Å². The van der Waals surface area contributed by atoms with Crippen molar-refractivity contribution in [3.05, 3.63) is 59.9 Å². The predicted molar refractivity (Wildman–Crippen MR) is 79.7 cm³/mol. The maximum atomic E-state index is 14.3. The molecule has 2 aromatic rings. The molecule has 0 aromatic heterocycles. The highest BCUT2D eigenvalue weighted by Gasteiger charge is 2.14. The lowest BCUT2D eigenvalue weighted by molar-refractivity contribution is 0.471. The molecule has 0 bridgehead atoms. The van der Waals surface area contributed by atoms with Crippen molar-refractivity contribution in [3.8, 4) is 11.1 Å². The van der Waals surface area contributed by atoms with Crippen LogP contribution in [0.1, 0.15) is 38.7 Å². The van der Waals surface area contributed by atoms with E-state index in [0.717, 1.165) is 17.5 Å². The summed E-state index contributed by atoms with van der Waals surface area (Å²) in [7, 11) is 0. The Bertz CT molecular complexity index is 531. The zero-order chi connectivity index (χ0) is 13.8. The Hall–Kier alpha value is -1.63. The molecular weight excluding hydrogens is 235 g/mol. The molecule has 0 saturated carbocycles. The molecule has 0 spiro atoms. The second-order valence-electron chi connectivity index (χ2n) is 5.28. The lowest BCUT2D eigenvalue weighted by Gasteiger charge is -2.19. The van der Waals surface area contributed by atoms with Crippen LogP contribution in [-0.4, -0.2) is 0 Å². The van der Waals surface area contributed by atoms with Gasteiger partial charge in [-0.3, -0.25) is 0 Å². The second kappa shape index (κ2) is 6.01. The molecule has 0 radical (unpaired) electrons. The third-order valence-corrected chi connectivity index (χ3v) is 4.10. The normalized spacial score (nSPS) is 14.1. The molecule has 1 heteroatoms. The first-order chi connectivity index (χ1) is 9.13. The van der Waals surface area contributed by atoms with Gasteiger partial charge in [0.25, 0.3) is 0 Å². The van der Waals surface area contributed by atoms with Gasteiger partial charge in [-0.1, -0.05) is 69.7 Å². The fourth-order valence-corrected chi connectivity index (χ4v) is 2.35. The van der Waals surface area contributed by atoms with Gasteiger partial charge in [0.1, 0.15) is 5.82 Å². The topological polar surface area (TPSA) is 0 Å². The van der Waals surface area contributed by atoms with Crippen molar-refractivity contribution in [3.63, 3.8) is 0 Å². The van der Waals surface area contributed by atoms with Gasteiger partial charge in [0.2, 0.25) is 0 Å². The van der Waals surface area contributed by atoms with Crippen molar-refractivity contribution < 1.29 is 4.39 Å². The van der Waals surface area contributed by atoms with Gasteiger partial charge in [0.05, 0.1) is 0 Å². The third kappa shape index (κ3) is 3.04. The zero-order valence-electron chi connectivity index (χ0n) is 11.9. The molecule has 0 heterocycles. The van der Waals surface area contributed by atoms with Gasteiger partial charge in [-0.15, -0.1) is 0 Å². The second-order valence-corrected chi connectivity index (χ2v) is 5.28. The SMILES string of the molecule is CCC(C)C(C)c1ccc(-c2ccccc2)c(F)c1. The Labute approximate surface area is 115 Å². The molecule has 2 atom stereocenters. The van der Waals surface area contributed by atoms with Crippen LogP contribution in [0.5, 0.6) is 0 Å². The standard InChI is InChI=1S/C18H21F/c1-4-13(2)14(3)16-10-11-17(18(19)12-16)15-8-6-5-7-9-15/h5-14H,4H2,1-3H3. The fraction of sp³-hybridized carbons (Fsp3) is 0.333. The molecule has 2 rings (SSSR count). The van der Waals surface area contributed by atoms with E-state index in [4.69, 9.17) is 0 Å². The average Bonchev–Trinajstić information content (AvgIpc) is 2.46. The summed E-state index contributed by atoms with van der Waals surface area (Å²) in [4.78, 5) is 0. The lowest BCUT2D eigenvalue weighted by atomic mass is 9.86. The Morgan fingerprint density at radius 2 is 1.68 bits per heavy atom. The molecule has 0 aliphatic rings. The number of halogens is 1. The number of benzene rings is 2. The number of hydrogen-bond donors (Lipinski definition) is 0. The number of hydrogen-bond acceptors (Lipinski definition) is 0. The average molecular weight is 256 g/mol. The summed E-state index contributed by atoms with van der Waals surface area (Å²) in [6.45, 7) is 6.56. The molecule has 0 nitrogen and oxygen atoms in total. The maximum absolute atomic E-state index is 14.3. The van der Waals surface area contributed by atoms with Crippen LogP contribution in [0.4, 0.5) is 4.39 Å². The van der Waals surface area contributed by atoms with E-state index in [1.807, 2.05) is 36.4 Å². The monoisotopic (exact) mass is 256 g/mol. The van der Waals surface area contributed by atoms with E-state index in [2.05, 4.69) is 26.8 Å². The van der Waals surface area contributed by atoms with E-state index < -0.39 is 0 Å². The van der Waals surface area contributed by atoms with Crippen molar-refractivity contribution in [2.24, 2.45) is 5.92 Å². The highest BCUT2D eigenvalue weighted by Crippen LogP contribution is 2.30. The number of rotatable bonds is 4. The molecule has 2 unspecified atom stereocenters. The fourth-order valence-electron chi connectivity index (χ4n) is 2.35. The summed E-state index contributed by atoms with van der Waals surface area (Å²) in [5, 5.41) is 0. The van der Waals surface area contributed by atoms with Crippen LogP contribution in [0.2, 0.25) is 0 Å². The Morgan fingerprint density at radius 3 is 2.26 bits per heavy atom. The van der Waals surface area contributed by atoms with E-state index in [1.165, 1.54) is 0 Å². The van der Waals surface area contributed by atoms with Crippen molar-refractivity contribution in [2.75, 3.05) is 0 Å². The van der Waals surface area contributed by atoms with E-state index in [-0.39, 0.29) is 5.82 Å².